The first-order valence-electron chi connectivity index (χ1n) is 9.17. The number of ether oxygens (including phenoxy) is 1. The van der Waals surface area contributed by atoms with Gasteiger partial charge in [0.25, 0.3) is 0 Å². The predicted octanol–water partition coefficient (Wildman–Crippen LogP) is 3.19. The third-order valence-electron chi connectivity index (χ3n) is 4.13. The molecule has 0 bridgehead atoms. The first kappa shape index (κ1) is 23.5. The Labute approximate surface area is 178 Å². The van der Waals surface area contributed by atoms with Gasteiger partial charge in [0.05, 0.1) is 25.4 Å². The average molecular weight is 493 g/mol. The first-order chi connectivity index (χ1) is 12.2. The zero-order valence-electron chi connectivity index (χ0n) is 15.7. The van der Waals surface area contributed by atoms with E-state index < -0.39 is 6.10 Å². The second kappa shape index (κ2) is 13.6. The molecule has 1 fully saturated rings. The minimum atomic E-state index is -0.609. The number of nitrogens with zero attached hydrogens (tertiary/aromatic N) is 1. The van der Waals surface area contributed by atoms with Crippen molar-refractivity contribution < 1.29 is 9.84 Å². The molecular weight excluding hydrogens is 461 g/mol. The summed E-state index contributed by atoms with van der Waals surface area (Å²) in [6.45, 7) is 6.38. The lowest BCUT2D eigenvalue weighted by molar-refractivity contribution is 0.00111. The maximum atomic E-state index is 10.2. The SMILES string of the molecule is CCNC(=NCC(O)COC(C)c1ccccc1)NCC1CCCS1.I. The lowest BCUT2D eigenvalue weighted by atomic mass is 10.1. The molecule has 0 spiro atoms. The van der Waals surface area contributed by atoms with E-state index in [0.717, 1.165) is 24.6 Å². The molecule has 1 aromatic rings. The number of halogens is 1. The molecule has 26 heavy (non-hydrogen) atoms. The van der Waals surface area contributed by atoms with Gasteiger partial charge in [0.1, 0.15) is 0 Å². The summed E-state index contributed by atoms with van der Waals surface area (Å²) in [6, 6.07) is 10.0. The molecular formula is C19H32IN3O2S. The summed E-state index contributed by atoms with van der Waals surface area (Å²) in [6.07, 6.45) is 1.93. The van der Waals surface area contributed by atoms with E-state index in [4.69, 9.17) is 4.74 Å². The maximum Gasteiger partial charge on any atom is 0.191 e. The summed E-state index contributed by atoms with van der Waals surface area (Å²) < 4.78 is 5.76. The van der Waals surface area contributed by atoms with Crippen LogP contribution in [0, 0.1) is 0 Å². The van der Waals surface area contributed by atoms with Gasteiger partial charge in [-0.25, -0.2) is 0 Å². The van der Waals surface area contributed by atoms with Crippen molar-refractivity contribution in [2.24, 2.45) is 4.99 Å². The van der Waals surface area contributed by atoms with Crippen molar-refractivity contribution in [3.8, 4) is 0 Å². The van der Waals surface area contributed by atoms with Gasteiger partial charge >= 0.3 is 0 Å². The van der Waals surface area contributed by atoms with E-state index in [1.165, 1.54) is 18.6 Å². The Morgan fingerprint density at radius 1 is 1.35 bits per heavy atom. The van der Waals surface area contributed by atoms with Crippen molar-refractivity contribution in [3.63, 3.8) is 0 Å². The van der Waals surface area contributed by atoms with E-state index >= 15 is 0 Å². The highest BCUT2D eigenvalue weighted by atomic mass is 127. The summed E-state index contributed by atoms with van der Waals surface area (Å²) in [7, 11) is 0. The smallest absolute Gasteiger partial charge is 0.191 e. The topological polar surface area (TPSA) is 65.9 Å². The minimum Gasteiger partial charge on any atom is -0.389 e. The molecule has 0 radical (unpaired) electrons. The summed E-state index contributed by atoms with van der Waals surface area (Å²) in [5.41, 5.74) is 1.11. The van der Waals surface area contributed by atoms with Crippen molar-refractivity contribution >= 4 is 41.7 Å². The number of benzene rings is 1. The number of thioether (sulfide) groups is 1. The molecule has 2 rings (SSSR count). The van der Waals surface area contributed by atoms with Gasteiger partial charge in [-0.15, -0.1) is 24.0 Å². The van der Waals surface area contributed by atoms with Crippen LogP contribution < -0.4 is 10.6 Å². The number of aliphatic hydroxyl groups excluding tert-OH is 1. The molecule has 7 heteroatoms. The first-order valence-corrected chi connectivity index (χ1v) is 10.2. The van der Waals surface area contributed by atoms with Crippen LogP contribution in [0.4, 0.5) is 0 Å². The Balaban J connectivity index is 0.00000338. The zero-order valence-corrected chi connectivity index (χ0v) is 18.8. The molecule has 1 aromatic carbocycles. The van der Waals surface area contributed by atoms with Gasteiger partial charge in [0, 0.05) is 18.3 Å². The number of aliphatic hydroxyl groups is 1. The molecule has 0 amide bonds. The normalized spacial score (nSPS) is 19.5. The molecule has 0 aromatic heterocycles. The van der Waals surface area contributed by atoms with Gasteiger partial charge in [-0.05, 0) is 38.0 Å². The van der Waals surface area contributed by atoms with E-state index in [0.29, 0.717) is 11.8 Å². The molecule has 0 saturated carbocycles. The number of guanidine groups is 1. The van der Waals surface area contributed by atoms with E-state index in [9.17, 15) is 5.11 Å². The van der Waals surface area contributed by atoms with Crippen LogP contribution in [-0.2, 0) is 4.74 Å². The maximum absolute atomic E-state index is 10.2. The summed E-state index contributed by atoms with van der Waals surface area (Å²) in [5, 5.41) is 17.4. The van der Waals surface area contributed by atoms with Crippen molar-refractivity contribution in [2.75, 3.05) is 32.0 Å². The van der Waals surface area contributed by atoms with Crippen LogP contribution >= 0.6 is 35.7 Å². The molecule has 148 valence electrons. The van der Waals surface area contributed by atoms with E-state index in [-0.39, 0.29) is 36.7 Å². The molecule has 1 aliphatic rings. The molecule has 3 N–H and O–H groups in total. The van der Waals surface area contributed by atoms with Crippen molar-refractivity contribution in [1.82, 2.24) is 10.6 Å². The fourth-order valence-corrected chi connectivity index (χ4v) is 3.88. The molecule has 5 nitrogen and oxygen atoms in total. The molecule has 0 aliphatic carbocycles. The monoisotopic (exact) mass is 493 g/mol. The Kier molecular flexibility index (Phi) is 12.3. The second-order valence-electron chi connectivity index (χ2n) is 6.28. The van der Waals surface area contributed by atoms with Crippen LogP contribution in [0.1, 0.15) is 38.4 Å². The Morgan fingerprint density at radius 3 is 2.77 bits per heavy atom. The highest BCUT2D eigenvalue weighted by Gasteiger charge is 2.16. The van der Waals surface area contributed by atoms with Gasteiger partial charge in [-0.1, -0.05) is 30.3 Å². The highest BCUT2D eigenvalue weighted by molar-refractivity contribution is 14.0. The lowest BCUT2D eigenvalue weighted by Crippen LogP contribution is -2.40. The van der Waals surface area contributed by atoms with Crippen LogP contribution in [0.15, 0.2) is 35.3 Å². The molecule has 3 atom stereocenters. The van der Waals surface area contributed by atoms with E-state index in [1.54, 1.807) is 0 Å². The molecule has 1 saturated heterocycles. The van der Waals surface area contributed by atoms with Crippen LogP contribution in [0.25, 0.3) is 0 Å². The largest absolute Gasteiger partial charge is 0.389 e. The second-order valence-corrected chi connectivity index (χ2v) is 7.68. The van der Waals surface area contributed by atoms with Gasteiger partial charge in [0.15, 0.2) is 5.96 Å². The minimum absolute atomic E-state index is 0. The molecule has 3 unspecified atom stereocenters. The number of aliphatic imine (C=N–C) groups is 1. The van der Waals surface area contributed by atoms with Crippen molar-refractivity contribution in [2.45, 2.75) is 44.1 Å². The number of hydrogen-bond donors (Lipinski definition) is 3. The van der Waals surface area contributed by atoms with Gasteiger partial charge < -0.3 is 20.5 Å². The zero-order chi connectivity index (χ0) is 17.9. The Bertz CT molecular complexity index is 513. The van der Waals surface area contributed by atoms with Gasteiger partial charge in [0.2, 0.25) is 0 Å². The van der Waals surface area contributed by atoms with Crippen LogP contribution in [-0.4, -0.2) is 54.4 Å². The van der Waals surface area contributed by atoms with Crippen molar-refractivity contribution in [3.05, 3.63) is 35.9 Å². The molecule has 1 heterocycles. The van der Waals surface area contributed by atoms with Crippen LogP contribution in [0.2, 0.25) is 0 Å². The highest BCUT2D eigenvalue weighted by Crippen LogP contribution is 2.25. The Morgan fingerprint density at radius 2 is 2.12 bits per heavy atom. The fourth-order valence-electron chi connectivity index (χ4n) is 2.68. The van der Waals surface area contributed by atoms with Gasteiger partial charge in [-0.3, -0.25) is 4.99 Å². The number of hydrogen-bond acceptors (Lipinski definition) is 4. The predicted molar refractivity (Wildman–Crippen MR) is 122 cm³/mol. The average Bonchev–Trinajstić information content (AvgIpc) is 3.16. The molecule has 1 aliphatic heterocycles. The summed E-state index contributed by atoms with van der Waals surface area (Å²) >= 11 is 2.02. The van der Waals surface area contributed by atoms with Crippen molar-refractivity contribution in [1.29, 1.82) is 0 Å². The fraction of sp³-hybridized carbons (Fsp3) is 0.632. The number of rotatable bonds is 9. The quantitative estimate of drug-likeness (QED) is 0.280. The summed E-state index contributed by atoms with van der Waals surface area (Å²) in [5.74, 6) is 2.03. The summed E-state index contributed by atoms with van der Waals surface area (Å²) in [4.78, 5) is 4.48. The van der Waals surface area contributed by atoms with Crippen LogP contribution in [0.5, 0.6) is 0 Å². The Hall–Kier alpha value is -0.510. The number of nitrogens with one attached hydrogen (secondary N) is 2. The van der Waals surface area contributed by atoms with E-state index in [2.05, 4.69) is 15.6 Å². The standard InChI is InChI=1S/C19H31N3O2S.HI/c1-3-20-19(22-13-18-10-7-11-25-18)21-12-17(23)14-24-15(2)16-8-5-4-6-9-16;/h4-6,8-9,15,17-18,23H,3,7,10-14H2,1-2H3,(H2,20,21,22);1H. The van der Waals surface area contributed by atoms with Gasteiger partial charge in [-0.2, -0.15) is 11.8 Å². The van der Waals surface area contributed by atoms with E-state index in [1.807, 2.05) is 55.9 Å². The van der Waals surface area contributed by atoms with Crippen LogP contribution in [0.3, 0.4) is 0 Å². The lowest BCUT2D eigenvalue weighted by Gasteiger charge is -2.17. The third-order valence-corrected chi connectivity index (χ3v) is 5.53. The third kappa shape index (κ3) is 8.92.